The molecule has 0 spiro atoms. The number of hydroxylamine groups is 1. The zero-order chi connectivity index (χ0) is 14.5. The molecule has 1 aromatic heterocycles. The van der Waals surface area contributed by atoms with Gasteiger partial charge in [0.05, 0.1) is 0 Å². The van der Waals surface area contributed by atoms with E-state index < -0.39 is 29.4 Å². The van der Waals surface area contributed by atoms with Gasteiger partial charge in [0, 0.05) is 6.20 Å². The van der Waals surface area contributed by atoms with E-state index in [1.807, 2.05) is 0 Å². The Balaban J connectivity index is 2.32. The molecule has 0 amide bonds. The first-order chi connectivity index (χ1) is 9.41. The third-order valence-electron chi connectivity index (χ3n) is 3.64. The molecule has 1 aliphatic heterocycles. The lowest BCUT2D eigenvalue weighted by molar-refractivity contribution is -0.419. The number of carbonyl (C=O) groups excluding carboxylic acids is 1. The van der Waals surface area contributed by atoms with Gasteiger partial charge in [0.15, 0.2) is 0 Å². The fourth-order valence-electron chi connectivity index (χ4n) is 2.76. The summed E-state index contributed by atoms with van der Waals surface area (Å²) in [6.07, 6.45) is -0.507. The van der Waals surface area contributed by atoms with Crippen molar-refractivity contribution in [1.29, 1.82) is 0 Å². The Labute approximate surface area is 112 Å². The minimum Gasteiger partial charge on any atom is -0.618 e. The summed E-state index contributed by atoms with van der Waals surface area (Å²) in [6.45, 7) is 0. The Morgan fingerprint density at radius 2 is 2.15 bits per heavy atom. The molecular weight excluding hydrogens is 273 g/mol. The van der Waals surface area contributed by atoms with Gasteiger partial charge in [0.1, 0.15) is 11.6 Å². The van der Waals surface area contributed by atoms with Gasteiger partial charge in [0.2, 0.25) is 11.6 Å². The number of alkyl halides is 3. The summed E-state index contributed by atoms with van der Waals surface area (Å²) < 4.78 is 40.4. The summed E-state index contributed by atoms with van der Waals surface area (Å²) >= 11 is 0. The van der Waals surface area contributed by atoms with Crippen molar-refractivity contribution >= 4 is 11.6 Å². The molecule has 2 aliphatic rings. The van der Waals surface area contributed by atoms with Crippen LogP contribution >= 0.6 is 0 Å². The third kappa shape index (κ3) is 1.76. The van der Waals surface area contributed by atoms with Crippen LogP contribution in [-0.4, -0.2) is 27.1 Å². The van der Waals surface area contributed by atoms with Crippen LogP contribution in [0.4, 0.5) is 13.2 Å². The molecule has 0 saturated carbocycles. The predicted octanol–water partition coefficient (Wildman–Crippen LogP) is 2.69. The van der Waals surface area contributed by atoms with Crippen LogP contribution in [0.1, 0.15) is 29.8 Å². The molecule has 1 aliphatic carbocycles. The number of carbonyl (C=O) groups is 1. The summed E-state index contributed by atoms with van der Waals surface area (Å²) in [5, 5.41) is 12.2. The van der Waals surface area contributed by atoms with Crippen LogP contribution in [0.3, 0.4) is 0 Å². The number of halogens is 3. The summed E-state index contributed by atoms with van der Waals surface area (Å²) in [5.74, 6) is -1.27. The molecular formula is C13H11F3N2O2. The van der Waals surface area contributed by atoms with Gasteiger partial charge in [-0.2, -0.15) is 17.9 Å². The molecule has 4 nitrogen and oxygen atoms in total. The average Bonchev–Trinajstić information content (AvgIpc) is 2.82. The van der Waals surface area contributed by atoms with Crippen molar-refractivity contribution in [3.63, 3.8) is 0 Å². The summed E-state index contributed by atoms with van der Waals surface area (Å²) in [5.41, 5.74) is -1.81. The molecule has 0 radical (unpaired) electrons. The van der Waals surface area contributed by atoms with Crippen molar-refractivity contribution in [3.05, 3.63) is 41.0 Å². The molecule has 0 aromatic carbocycles. The normalized spacial score (nSPS) is 23.1. The molecule has 0 N–H and O–H groups in total. The number of nitrogens with zero attached hydrogens (tertiary/aromatic N) is 2. The molecule has 1 aromatic rings. The lowest BCUT2D eigenvalue weighted by Crippen LogP contribution is -2.33. The third-order valence-corrected chi connectivity index (χ3v) is 3.64. The quantitative estimate of drug-likeness (QED) is 0.543. The minimum atomic E-state index is -4.81. The van der Waals surface area contributed by atoms with Gasteiger partial charge in [-0.1, -0.05) is 0 Å². The molecule has 0 bridgehead atoms. The van der Waals surface area contributed by atoms with Crippen molar-refractivity contribution in [2.75, 3.05) is 0 Å². The maximum atomic E-state index is 13.2. The Hall–Kier alpha value is -2.05. The molecule has 1 unspecified atom stereocenters. The Kier molecular flexibility index (Phi) is 2.74. The van der Waals surface area contributed by atoms with E-state index in [4.69, 9.17) is 0 Å². The molecule has 0 saturated heterocycles. The Morgan fingerprint density at radius 1 is 1.40 bits per heavy atom. The van der Waals surface area contributed by atoms with Crippen molar-refractivity contribution in [2.24, 2.45) is 5.92 Å². The van der Waals surface area contributed by atoms with Gasteiger partial charge in [-0.05, 0) is 37.5 Å². The fourth-order valence-corrected chi connectivity index (χ4v) is 2.76. The standard InChI is InChI=1S/C13H11F3N2O2/c14-13(15,16)11-10-6-3-7-17(10)12(19)8-4-1-2-5-9(8)18(11)20/h3,5-8H,1-2,4H2. The second kappa shape index (κ2) is 4.22. The lowest BCUT2D eigenvalue weighted by atomic mass is 9.91. The van der Waals surface area contributed by atoms with Gasteiger partial charge in [0.25, 0.3) is 0 Å². The van der Waals surface area contributed by atoms with Gasteiger partial charge in [-0.25, -0.2) is 0 Å². The smallest absolute Gasteiger partial charge is 0.481 e. The largest absolute Gasteiger partial charge is 0.618 e. The first-order valence-electron chi connectivity index (χ1n) is 6.24. The van der Waals surface area contributed by atoms with Crippen molar-refractivity contribution in [1.82, 2.24) is 4.57 Å². The van der Waals surface area contributed by atoms with E-state index in [-0.39, 0.29) is 10.4 Å². The molecule has 7 heteroatoms. The van der Waals surface area contributed by atoms with E-state index in [9.17, 15) is 23.2 Å². The van der Waals surface area contributed by atoms with Crippen molar-refractivity contribution in [3.8, 4) is 0 Å². The second-order valence-electron chi connectivity index (χ2n) is 4.85. The zero-order valence-electron chi connectivity index (χ0n) is 10.4. The first-order valence-corrected chi connectivity index (χ1v) is 6.24. The Bertz CT molecular complexity index is 640. The maximum absolute atomic E-state index is 13.2. The SMILES string of the molecule is O=C1C2CCCC=C2[N+]([O-])=C(C(F)(F)F)c2cccn21. The monoisotopic (exact) mass is 284 g/mol. The van der Waals surface area contributed by atoms with Crippen LogP contribution < -0.4 is 0 Å². The van der Waals surface area contributed by atoms with E-state index >= 15 is 0 Å². The molecule has 20 heavy (non-hydrogen) atoms. The number of hydrogen-bond acceptors (Lipinski definition) is 2. The topological polar surface area (TPSA) is 48.1 Å². The van der Waals surface area contributed by atoms with Crippen LogP contribution in [0.25, 0.3) is 0 Å². The number of rotatable bonds is 0. The molecule has 3 rings (SSSR count). The highest BCUT2D eigenvalue weighted by molar-refractivity contribution is 6.04. The fraction of sp³-hybridized carbons (Fsp3) is 0.385. The highest BCUT2D eigenvalue weighted by Crippen LogP contribution is 2.33. The molecule has 1 atom stereocenters. The molecule has 0 fully saturated rings. The van der Waals surface area contributed by atoms with E-state index in [2.05, 4.69) is 0 Å². The average molecular weight is 284 g/mol. The predicted molar refractivity (Wildman–Crippen MR) is 64.3 cm³/mol. The number of allylic oxidation sites excluding steroid dienone is 2. The summed E-state index contributed by atoms with van der Waals surface area (Å²) in [7, 11) is 0. The van der Waals surface area contributed by atoms with E-state index in [1.165, 1.54) is 18.3 Å². The van der Waals surface area contributed by atoms with Gasteiger partial charge in [-0.3, -0.25) is 9.36 Å². The van der Waals surface area contributed by atoms with Gasteiger partial charge < -0.3 is 5.21 Å². The van der Waals surface area contributed by atoms with E-state index in [1.54, 1.807) is 0 Å². The zero-order valence-corrected chi connectivity index (χ0v) is 10.4. The molecule has 106 valence electrons. The Morgan fingerprint density at radius 3 is 2.85 bits per heavy atom. The minimum absolute atomic E-state index is 0.0859. The highest BCUT2D eigenvalue weighted by atomic mass is 19.4. The second-order valence-corrected chi connectivity index (χ2v) is 4.85. The van der Waals surface area contributed by atoms with Gasteiger partial charge in [-0.15, -0.1) is 0 Å². The summed E-state index contributed by atoms with van der Waals surface area (Å²) in [6, 6.07) is 2.48. The van der Waals surface area contributed by atoms with Crippen LogP contribution in [0, 0.1) is 11.1 Å². The van der Waals surface area contributed by atoms with Gasteiger partial charge >= 0.3 is 11.9 Å². The van der Waals surface area contributed by atoms with Crippen LogP contribution in [-0.2, 0) is 0 Å². The van der Waals surface area contributed by atoms with Crippen LogP contribution in [0.2, 0.25) is 0 Å². The van der Waals surface area contributed by atoms with Crippen LogP contribution in [0.5, 0.6) is 0 Å². The van der Waals surface area contributed by atoms with E-state index in [0.29, 0.717) is 19.3 Å². The number of fused-ring (bicyclic) bond motifs is 2. The summed E-state index contributed by atoms with van der Waals surface area (Å²) in [4.78, 5) is 12.3. The van der Waals surface area contributed by atoms with E-state index in [0.717, 1.165) is 10.6 Å². The first kappa shape index (κ1) is 13.0. The molecule has 2 heterocycles. The number of aromatic nitrogens is 1. The van der Waals surface area contributed by atoms with Crippen molar-refractivity contribution < 1.29 is 22.7 Å². The highest BCUT2D eigenvalue weighted by Gasteiger charge is 2.50. The number of hydrogen-bond donors (Lipinski definition) is 0. The van der Waals surface area contributed by atoms with Crippen LogP contribution in [0.15, 0.2) is 30.1 Å². The lowest BCUT2D eigenvalue weighted by Gasteiger charge is -2.19. The van der Waals surface area contributed by atoms with Crippen molar-refractivity contribution in [2.45, 2.75) is 25.4 Å². The maximum Gasteiger partial charge on any atom is 0.481 e.